The van der Waals surface area contributed by atoms with E-state index in [-0.39, 0.29) is 18.1 Å². The van der Waals surface area contributed by atoms with Crippen molar-refractivity contribution in [1.29, 1.82) is 0 Å². The molecule has 11 heavy (non-hydrogen) atoms. The third-order valence-corrected chi connectivity index (χ3v) is 1.04. The fraction of sp³-hybridized carbons (Fsp3) is 0.200. The van der Waals surface area contributed by atoms with Crippen LogP contribution in [0.4, 0.5) is 5.69 Å². The zero-order valence-corrected chi connectivity index (χ0v) is 5.47. The molecule has 0 radical (unpaired) electrons. The van der Waals surface area contributed by atoms with E-state index in [0.717, 1.165) is 12.4 Å². The summed E-state index contributed by atoms with van der Waals surface area (Å²) >= 11 is 0. The average molecular weight is 155 g/mol. The molecule has 1 heterocycles. The van der Waals surface area contributed by atoms with Crippen LogP contribution >= 0.6 is 0 Å². The highest BCUT2D eigenvalue weighted by Crippen LogP contribution is 2.04. The molecular formula is C5H5N3O3. The number of nitrogens with zero attached hydrogens (tertiary/aromatic N) is 3. The van der Waals surface area contributed by atoms with Gasteiger partial charge in [-0.2, -0.15) is 0 Å². The number of aromatic nitrogens is 2. The van der Waals surface area contributed by atoms with Crippen LogP contribution in [-0.2, 0) is 6.61 Å². The minimum atomic E-state index is -0.596. The summed E-state index contributed by atoms with van der Waals surface area (Å²) in [6.45, 7) is -0.308. The zero-order chi connectivity index (χ0) is 8.27. The highest BCUT2D eigenvalue weighted by Gasteiger charge is 2.04. The lowest BCUT2D eigenvalue weighted by atomic mass is 10.5. The third-order valence-electron chi connectivity index (χ3n) is 1.04. The van der Waals surface area contributed by atoms with E-state index in [0.29, 0.717) is 0 Å². The van der Waals surface area contributed by atoms with Crippen LogP contribution in [0, 0.1) is 10.1 Å². The van der Waals surface area contributed by atoms with E-state index in [1.54, 1.807) is 0 Å². The molecule has 6 nitrogen and oxygen atoms in total. The lowest BCUT2D eigenvalue weighted by Gasteiger charge is -1.91. The Labute approximate surface area is 61.7 Å². The molecule has 0 amide bonds. The Morgan fingerprint density at radius 3 is 2.45 bits per heavy atom. The Balaban J connectivity index is 2.91. The van der Waals surface area contributed by atoms with Gasteiger partial charge in [0.1, 0.15) is 19.0 Å². The van der Waals surface area contributed by atoms with Crippen molar-refractivity contribution in [1.82, 2.24) is 9.97 Å². The summed E-state index contributed by atoms with van der Waals surface area (Å²) in [5.74, 6) is 0.176. The summed E-state index contributed by atoms with van der Waals surface area (Å²) in [5.41, 5.74) is -0.179. The molecular weight excluding hydrogens is 150 g/mol. The monoisotopic (exact) mass is 155 g/mol. The summed E-state index contributed by atoms with van der Waals surface area (Å²) in [5, 5.41) is 18.5. The normalized spacial score (nSPS) is 9.55. The van der Waals surface area contributed by atoms with Gasteiger partial charge < -0.3 is 5.11 Å². The van der Waals surface area contributed by atoms with Crippen molar-refractivity contribution < 1.29 is 10.0 Å². The predicted octanol–water partition coefficient (Wildman–Crippen LogP) is -0.123. The summed E-state index contributed by atoms with van der Waals surface area (Å²) in [6, 6.07) is 0. The Kier molecular flexibility index (Phi) is 2.07. The molecule has 0 aliphatic carbocycles. The van der Waals surface area contributed by atoms with Gasteiger partial charge in [-0.3, -0.25) is 10.1 Å². The molecule has 0 spiro atoms. The van der Waals surface area contributed by atoms with E-state index < -0.39 is 4.92 Å². The quantitative estimate of drug-likeness (QED) is 0.475. The molecule has 1 aromatic rings. The van der Waals surface area contributed by atoms with Crippen LogP contribution in [0.5, 0.6) is 0 Å². The second-order valence-electron chi connectivity index (χ2n) is 1.77. The number of aliphatic hydroxyl groups excluding tert-OH is 1. The highest BCUT2D eigenvalue weighted by molar-refractivity contribution is 5.20. The first-order valence-electron chi connectivity index (χ1n) is 2.80. The van der Waals surface area contributed by atoms with Crippen molar-refractivity contribution in [3.05, 3.63) is 28.3 Å². The van der Waals surface area contributed by atoms with Gasteiger partial charge in [-0.05, 0) is 0 Å². The van der Waals surface area contributed by atoms with Crippen molar-refractivity contribution in [3.63, 3.8) is 0 Å². The fourth-order valence-corrected chi connectivity index (χ4v) is 0.524. The van der Waals surface area contributed by atoms with Crippen molar-refractivity contribution >= 4 is 5.69 Å². The molecule has 6 heteroatoms. The van der Waals surface area contributed by atoms with E-state index in [1.807, 2.05) is 0 Å². The van der Waals surface area contributed by atoms with Crippen LogP contribution in [0.15, 0.2) is 12.4 Å². The number of nitro groups is 1. The van der Waals surface area contributed by atoms with Crippen molar-refractivity contribution in [2.24, 2.45) is 0 Å². The Morgan fingerprint density at radius 1 is 1.55 bits per heavy atom. The zero-order valence-electron chi connectivity index (χ0n) is 5.47. The van der Waals surface area contributed by atoms with Crippen molar-refractivity contribution in [2.45, 2.75) is 6.61 Å². The molecule has 0 aliphatic rings. The van der Waals surface area contributed by atoms with Gasteiger partial charge in [0, 0.05) is 0 Å². The molecule has 0 unspecified atom stereocenters. The molecule has 58 valence electrons. The SMILES string of the molecule is O=[N+]([O-])c1cnc(CO)nc1. The maximum absolute atomic E-state index is 10.1. The van der Waals surface area contributed by atoms with Gasteiger partial charge >= 0.3 is 5.69 Å². The Morgan fingerprint density at radius 2 is 2.09 bits per heavy atom. The molecule has 0 bridgehead atoms. The summed E-state index contributed by atoms with van der Waals surface area (Å²) in [7, 11) is 0. The Bertz CT molecular complexity index is 258. The average Bonchev–Trinajstić information content (AvgIpc) is 2.05. The van der Waals surface area contributed by atoms with Gasteiger partial charge in [-0.1, -0.05) is 0 Å². The summed E-state index contributed by atoms with van der Waals surface area (Å²) in [4.78, 5) is 16.5. The van der Waals surface area contributed by atoms with Crippen molar-refractivity contribution in [2.75, 3.05) is 0 Å². The topological polar surface area (TPSA) is 89.2 Å². The first-order chi connectivity index (χ1) is 5.24. The van der Waals surface area contributed by atoms with Crippen LogP contribution in [0.2, 0.25) is 0 Å². The van der Waals surface area contributed by atoms with Gasteiger partial charge in [-0.25, -0.2) is 9.97 Å². The van der Waals surface area contributed by atoms with Crippen LogP contribution in [0.3, 0.4) is 0 Å². The van der Waals surface area contributed by atoms with Gasteiger partial charge in [0.15, 0.2) is 5.82 Å². The van der Waals surface area contributed by atoms with Crippen LogP contribution in [0.25, 0.3) is 0 Å². The van der Waals surface area contributed by atoms with Crippen LogP contribution in [-0.4, -0.2) is 20.0 Å². The first-order valence-corrected chi connectivity index (χ1v) is 2.80. The number of rotatable bonds is 2. The van der Waals surface area contributed by atoms with Crippen molar-refractivity contribution in [3.8, 4) is 0 Å². The number of aliphatic hydroxyl groups is 1. The molecule has 0 saturated heterocycles. The first kappa shape index (κ1) is 7.55. The molecule has 1 aromatic heterocycles. The van der Waals surface area contributed by atoms with E-state index >= 15 is 0 Å². The summed E-state index contributed by atoms with van der Waals surface area (Å²) < 4.78 is 0. The van der Waals surface area contributed by atoms with E-state index in [4.69, 9.17) is 5.11 Å². The number of hydrogen-bond acceptors (Lipinski definition) is 5. The maximum atomic E-state index is 10.1. The smallest absolute Gasteiger partial charge is 0.305 e. The summed E-state index contributed by atoms with van der Waals surface area (Å²) in [6.07, 6.45) is 2.11. The van der Waals surface area contributed by atoms with Crippen LogP contribution < -0.4 is 0 Å². The minimum Gasteiger partial charge on any atom is -0.388 e. The van der Waals surface area contributed by atoms with Gasteiger partial charge in [0.05, 0.1) is 4.92 Å². The maximum Gasteiger partial charge on any atom is 0.305 e. The molecule has 0 atom stereocenters. The van der Waals surface area contributed by atoms with E-state index in [2.05, 4.69) is 9.97 Å². The fourth-order valence-electron chi connectivity index (χ4n) is 0.524. The molecule has 0 saturated carbocycles. The lowest BCUT2D eigenvalue weighted by Crippen LogP contribution is -1.96. The third kappa shape index (κ3) is 1.68. The molecule has 1 N–H and O–H groups in total. The molecule has 1 rings (SSSR count). The molecule has 0 aromatic carbocycles. The predicted molar refractivity (Wildman–Crippen MR) is 34.6 cm³/mol. The Hall–Kier alpha value is -1.56. The second-order valence-corrected chi connectivity index (χ2v) is 1.77. The van der Waals surface area contributed by atoms with Gasteiger partial charge in [0.25, 0.3) is 0 Å². The minimum absolute atomic E-state index is 0.176. The highest BCUT2D eigenvalue weighted by atomic mass is 16.6. The molecule has 0 aliphatic heterocycles. The molecule has 0 fully saturated rings. The standard InChI is InChI=1S/C5H5N3O3/c9-3-5-6-1-4(2-7-5)8(10)11/h1-2,9H,3H2. The van der Waals surface area contributed by atoms with Gasteiger partial charge in [0.2, 0.25) is 0 Å². The van der Waals surface area contributed by atoms with E-state index in [9.17, 15) is 10.1 Å². The lowest BCUT2D eigenvalue weighted by molar-refractivity contribution is -0.385. The largest absolute Gasteiger partial charge is 0.388 e. The van der Waals surface area contributed by atoms with Crippen LogP contribution in [0.1, 0.15) is 5.82 Å². The van der Waals surface area contributed by atoms with Gasteiger partial charge in [-0.15, -0.1) is 0 Å². The number of hydrogen-bond donors (Lipinski definition) is 1. The van der Waals surface area contributed by atoms with E-state index in [1.165, 1.54) is 0 Å². The second kappa shape index (κ2) is 3.02.